The van der Waals surface area contributed by atoms with Gasteiger partial charge in [-0.25, -0.2) is 4.79 Å². The van der Waals surface area contributed by atoms with Crippen LogP contribution >= 0.6 is 0 Å². The molecule has 0 amide bonds. The molecular weight excluding hydrogens is 226 g/mol. The van der Waals surface area contributed by atoms with Gasteiger partial charge in [0.2, 0.25) is 0 Å². The molecule has 1 aromatic rings. The first-order valence-corrected chi connectivity index (χ1v) is 6.27. The van der Waals surface area contributed by atoms with E-state index in [0.29, 0.717) is 6.04 Å². The highest BCUT2D eigenvalue weighted by Gasteiger charge is 2.25. The van der Waals surface area contributed by atoms with Crippen LogP contribution in [0.4, 0.5) is 0 Å². The first kappa shape index (κ1) is 12.8. The van der Waals surface area contributed by atoms with Crippen molar-refractivity contribution in [1.82, 2.24) is 4.90 Å². The smallest absolute Gasteiger partial charge is 0.330 e. The lowest BCUT2D eigenvalue weighted by molar-refractivity contribution is -0.134. The van der Waals surface area contributed by atoms with Gasteiger partial charge < -0.3 is 4.74 Å². The van der Waals surface area contributed by atoms with E-state index in [4.69, 9.17) is 0 Å². The van der Waals surface area contributed by atoms with Gasteiger partial charge in [0, 0.05) is 25.2 Å². The number of likely N-dealkylation sites (tertiary alicyclic amines) is 1. The van der Waals surface area contributed by atoms with Crippen LogP contribution in [0.1, 0.15) is 18.9 Å². The van der Waals surface area contributed by atoms with Crippen LogP contribution in [0.15, 0.2) is 42.0 Å². The van der Waals surface area contributed by atoms with Crippen molar-refractivity contribution in [3.05, 3.63) is 47.5 Å². The molecule has 96 valence electrons. The SMILES string of the molecule is COC(=O)/C=C1\CCN(Cc2ccccc2)C1C. The topological polar surface area (TPSA) is 29.5 Å². The van der Waals surface area contributed by atoms with Crippen LogP contribution in [0.5, 0.6) is 0 Å². The van der Waals surface area contributed by atoms with Crippen molar-refractivity contribution in [2.45, 2.75) is 25.9 Å². The number of carbonyl (C=O) groups excluding carboxylic acids is 1. The van der Waals surface area contributed by atoms with Gasteiger partial charge >= 0.3 is 5.97 Å². The first-order valence-electron chi connectivity index (χ1n) is 6.27. The van der Waals surface area contributed by atoms with Crippen molar-refractivity contribution in [1.29, 1.82) is 0 Å². The van der Waals surface area contributed by atoms with Crippen LogP contribution in [-0.4, -0.2) is 30.6 Å². The van der Waals surface area contributed by atoms with Gasteiger partial charge in [-0.1, -0.05) is 30.3 Å². The molecule has 0 N–H and O–H groups in total. The van der Waals surface area contributed by atoms with E-state index in [0.717, 1.165) is 25.1 Å². The molecule has 3 heteroatoms. The molecule has 1 aromatic carbocycles. The summed E-state index contributed by atoms with van der Waals surface area (Å²) in [6, 6.07) is 10.7. The predicted molar refractivity (Wildman–Crippen MR) is 71.0 cm³/mol. The number of hydrogen-bond donors (Lipinski definition) is 0. The van der Waals surface area contributed by atoms with Gasteiger partial charge in [-0.3, -0.25) is 4.90 Å². The Morgan fingerprint density at radius 2 is 2.17 bits per heavy atom. The third kappa shape index (κ3) is 2.99. The van der Waals surface area contributed by atoms with Gasteiger partial charge in [0.15, 0.2) is 0 Å². The summed E-state index contributed by atoms with van der Waals surface area (Å²) in [5, 5.41) is 0. The zero-order valence-electron chi connectivity index (χ0n) is 10.9. The van der Waals surface area contributed by atoms with Crippen molar-refractivity contribution in [2.24, 2.45) is 0 Å². The summed E-state index contributed by atoms with van der Waals surface area (Å²) >= 11 is 0. The van der Waals surface area contributed by atoms with E-state index < -0.39 is 0 Å². The highest BCUT2D eigenvalue weighted by Crippen LogP contribution is 2.25. The van der Waals surface area contributed by atoms with Gasteiger partial charge in [-0.15, -0.1) is 0 Å². The third-order valence-corrected chi connectivity index (χ3v) is 3.50. The van der Waals surface area contributed by atoms with Gasteiger partial charge in [-0.2, -0.15) is 0 Å². The fraction of sp³-hybridized carbons (Fsp3) is 0.400. The lowest BCUT2D eigenvalue weighted by atomic mass is 10.1. The highest BCUT2D eigenvalue weighted by molar-refractivity contribution is 5.82. The second kappa shape index (κ2) is 5.83. The quantitative estimate of drug-likeness (QED) is 0.605. The van der Waals surface area contributed by atoms with E-state index >= 15 is 0 Å². The largest absolute Gasteiger partial charge is 0.466 e. The number of esters is 1. The van der Waals surface area contributed by atoms with E-state index in [1.807, 2.05) is 6.07 Å². The van der Waals surface area contributed by atoms with Crippen LogP contribution in [0.25, 0.3) is 0 Å². The van der Waals surface area contributed by atoms with Gasteiger partial charge in [0.25, 0.3) is 0 Å². The third-order valence-electron chi connectivity index (χ3n) is 3.50. The Bertz CT molecular complexity index is 439. The van der Waals surface area contributed by atoms with Gasteiger partial charge in [0.05, 0.1) is 7.11 Å². The standard InChI is InChI=1S/C15H19NO2/c1-12-14(10-15(17)18-2)8-9-16(12)11-13-6-4-3-5-7-13/h3-7,10,12H,8-9,11H2,1-2H3/b14-10+. The van der Waals surface area contributed by atoms with Crippen molar-refractivity contribution in [3.63, 3.8) is 0 Å². The van der Waals surface area contributed by atoms with Gasteiger partial charge in [0.1, 0.15) is 0 Å². The number of methoxy groups -OCH3 is 1. The van der Waals surface area contributed by atoms with E-state index in [-0.39, 0.29) is 5.97 Å². The van der Waals surface area contributed by atoms with Crippen molar-refractivity contribution in [3.8, 4) is 0 Å². The number of rotatable bonds is 3. The van der Waals surface area contributed by atoms with Crippen LogP contribution in [-0.2, 0) is 16.1 Å². The maximum atomic E-state index is 11.3. The predicted octanol–water partition coefficient (Wildman–Crippen LogP) is 2.38. The molecule has 1 aliphatic rings. The summed E-state index contributed by atoms with van der Waals surface area (Å²) in [4.78, 5) is 13.6. The van der Waals surface area contributed by atoms with E-state index in [2.05, 4.69) is 40.8 Å². The molecule has 0 spiro atoms. The van der Waals surface area contributed by atoms with Crippen LogP contribution in [0, 0.1) is 0 Å². The summed E-state index contributed by atoms with van der Waals surface area (Å²) in [5.41, 5.74) is 2.47. The fourth-order valence-corrected chi connectivity index (χ4v) is 2.35. The van der Waals surface area contributed by atoms with Crippen LogP contribution in [0.3, 0.4) is 0 Å². The molecule has 3 nitrogen and oxygen atoms in total. The Labute approximate surface area is 108 Å². The van der Waals surface area contributed by atoms with Crippen molar-refractivity contribution in [2.75, 3.05) is 13.7 Å². The number of carbonyl (C=O) groups is 1. The zero-order valence-corrected chi connectivity index (χ0v) is 10.9. The maximum absolute atomic E-state index is 11.3. The summed E-state index contributed by atoms with van der Waals surface area (Å²) < 4.78 is 4.68. The van der Waals surface area contributed by atoms with Crippen molar-refractivity contribution >= 4 is 5.97 Å². The number of ether oxygens (including phenoxy) is 1. The van der Waals surface area contributed by atoms with Crippen molar-refractivity contribution < 1.29 is 9.53 Å². The average Bonchev–Trinajstić information content (AvgIpc) is 2.73. The summed E-state index contributed by atoms with van der Waals surface area (Å²) in [5.74, 6) is -0.251. The molecular formula is C15H19NO2. The Kier molecular flexibility index (Phi) is 4.15. The second-order valence-electron chi connectivity index (χ2n) is 4.62. The highest BCUT2D eigenvalue weighted by atomic mass is 16.5. The second-order valence-corrected chi connectivity index (χ2v) is 4.62. The molecule has 0 bridgehead atoms. The number of benzene rings is 1. The molecule has 1 aliphatic heterocycles. The van der Waals surface area contributed by atoms with E-state index in [1.165, 1.54) is 12.7 Å². The minimum atomic E-state index is -0.251. The zero-order chi connectivity index (χ0) is 13.0. The van der Waals surface area contributed by atoms with Gasteiger partial charge in [-0.05, 0) is 24.5 Å². The minimum absolute atomic E-state index is 0.251. The Morgan fingerprint density at radius 1 is 1.44 bits per heavy atom. The molecule has 0 saturated carbocycles. The minimum Gasteiger partial charge on any atom is -0.466 e. The molecule has 1 atom stereocenters. The average molecular weight is 245 g/mol. The molecule has 0 aromatic heterocycles. The number of hydrogen-bond acceptors (Lipinski definition) is 3. The summed E-state index contributed by atoms with van der Waals surface area (Å²) in [7, 11) is 1.42. The molecule has 1 unspecified atom stereocenters. The molecule has 1 fully saturated rings. The summed E-state index contributed by atoms with van der Waals surface area (Å²) in [6.45, 7) is 4.07. The molecule has 2 rings (SSSR count). The van der Waals surface area contributed by atoms with Crippen LogP contribution in [0.2, 0.25) is 0 Å². The molecule has 1 heterocycles. The summed E-state index contributed by atoms with van der Waals surface area (Å²) in [6.07, 6.45) is 2.58. The molecule has 1 saturated heterocycles. The maximum Gasteiger partial charge on any atom is 0.330 e. The fourth-order valence-electron chi connectivity index (χ4n) is 2.35. The Balaban J connectivity index is 2.01. The number of nitrogens with zero attached hydrogens (tertiary/aromatic N) is 1. The van der Waals surface area contributed by atoms with E-state index in [9.17, 15) is 4.79 Å². The Morgan fingerprint density at radius 3 is 2.83 bits per heavy atom. The van der Waals surface area contributed by atoms with E-state index in [1.54, 1.807) is 6.08 Å². The normalized spacial score (nSPS) is 22.3. The Hall–Kier alpha value is -1.61. The molecule has 0 radical (unpaired) electrons. The molecule has 18 heavy (non-hydrogen) atoms. The first-order chi connectivity index (χ1) is 8.70. The lowest BCUT2D eigenvalue weighted by Gasteiger charge is -2.21. The van der Waals surface area contributed by atoms with Crippen LogP contribution < -0.4 is 0 Å². The lowest BCUT2D eigenvalue weighted by Crippen LogP contribution is -2.27. The molecule has 0 aliphatic carbocycles. The monoisotopic (exact) mass is 245 g/mol.